The SMILES string of the molecule is CCCCC(CC)CC(CCCC)(OOC(C)(C)CC(C)(C)C)C(=O)O. The van der Waals surface area contributed by atoms with Gasteiger partial charge in [0.05, 0.1) is 5.60 Å². The summed E-state index contributed by atoms with van der Waals surface area (Å²) < 4.78 is 0. The second kappa shape index (κ2) is 11.3. The molecule has 0 fully saturated rings. The Kier molecular flexibility index (Phi) is 11.0. The predicted molar refractivity (Wildman–Crippen MR) is 108 cm³/mol. The van der Waals surface area contributed by atoms with E-state index in [0.717, 1.165) is 44.9 Å². The number of hydrogen-bond donors (Lipinski definition) is 1. The summed E-state index contributed by atoms with van der Waals surface area (Å²) in [5, 5.41) is 10.0. The van der Waals surface area contributed by atoms with Crippen LogP contribution >= 0.6 is 0 Å². The molecule has 0 heterocycles. The van der Waals surface area contributed by atoms with Gasteiger partial charge in [0.15, 0.2) is 5.60 Å². The van der Waals surface area contributed by atoms with Crippen molar-refractivity contribution in [3.05, 3.63) is 0 Å². The van der Waals surface area contributed by atoms with Crippen LogP contribution < -0.4 is 0 Å². The van der Waals surface area contributed by atoms with Crippen molar-refractivity contribution in [3.8, 4) is 0 Å². The van der Waals surface area contributed by atoms with E-state index in [4.69, 9.17) is 9.78 Å². The zero-order valence-electron chi connectivity index (χ0n) is 18.6. The molecule has 0 aromatic rings. The second-order valence-electron chi connectivity index (χ2n) is 9.69. The van der Waals surface area contributed by atoms with E-state index in [0.29, 0.717) is 18.8 Å². The van der Waals surface area contributed by atoms with Crippen LogP contribution in [0.25, 0.3) is 0 Å². The molecule has 4 nitrogen and oxygen atoms in total. The third-order valence-corrected chi connectivity index (χ3v) is 4.87. The summed E-state index contributed by atoms with van der Waals surface area (Å²) in [4.78, 5) is 23.9. The number of hydrogen-bond acceptors (Lipinski definition) is 3. The Morgan fingerprint density at radius 2 is 1.54 bits per heavy atom. The lowest BCUT2D eigenvalue weighted by Gasteiger charge is -2.37. The van der Waals surface area contributed by atoms with Gasteiger partial charge in [-0.3, -0.25) is 0 Å². The first-order valence-electron chi connectivity index (χ1n) is 10.5. The maximum atomic E-state index is 12.2. The molecule has 0 rings (SSSR count). The summed E-state index contributed by atoms with van der Waals surface area (Å²) >= 11 is 0. The van der Waals surface area contributed by atoms with E-state index in [9.17, 15) is 9.90 Å². The lowest BCUT2D eigenvalue weighted by molar-refractivity contribution is -0.407. The quantitative estimate of drug-likeness (QED) is 0.270. The van der Waals surface area contributed by atoms with Gasteiger partial charge >= 0.3 is 5.97 Å². The third kappa shape index (κ3) is 9.91. The highest BCUT2D eigenvalue weighted by Crippen LogP contribution is 2.36. The van der Waals surface area contributed by atoms with Crippen LogP contribution in [-0.2, 0) is 14.6 Å². The molecule has 0 saturated carbocycles. The number of unbranched alkanes of at least 4 members (excludes halogenated alkanes) is 2. The Bertz CT molecular complexity index is 397. The minimum absolute atomic E-state index is 0.0786. The molecule has 2 unspecified atom stereocenters. The molecule has 0 aromatic carbocycles. The molecule has 0 radical (unpaired) electrons. The molecule has 2 atom stereocenters. The molecule has 0 aliphatic heterocycles. The van der Waals surface area contributed by atoms with E-state index in [-0.39, 0.29) is 5.41 Å². The average molecular weight is 373 g/mol. The molecule has 156 valence electrons. The van der Waals surface area contributed by atoms with Crippen molar-refractivity contribution >= 4 is 5.97 Å². The van der Waals surface area contributed by atoms with Crippen LogP contribution in [0.3, 0.4) is 0 Å². The minimum atomic E-state index is -1.25. The molecule has 26 heavy (non-hydrogen) atoms. The number of carbonyl (C=O) groups is 1. The lowest BCUT2D eigenvalue weighted by Crippen LogP contribution is -2.46. The smallest absolute Gasteiger partial charge is 0.339 e. The van der Waals surface area contributed by atoms with Crippen LogP contribution in [-0.4, -0.2) is 22.3 Å². The van der Waals surface area contributed by atoms with Crippen LogP contribution in [0.15, 0.2) is 0 Å². The fraction of sp³-hybridized carbons (Fsp3) is 0.955. The van der Waals surface area contributed by atoms with Gasteiger partial charge in [-0.25, -0.2) is 14.6 Å². The van der Waals surface area contributed by atoms with E-state index in [1.165, 1.54) is 0 Å². The normalized spacial score (nSPS) is 16.3. The Morgan fingerprint density at radius 3 is 1.96 bits per heavy atom. The van der Waals surface area contributed by atoms with Crippen LogP contribution in [0.1, 0.15) is 113 Å². The van der Waals surface area contributed by atoms with Crippen molar-refractivity contribution in [2.24, 2.45) is 11.3 Å². The summed E-state index contributed by atoms with van der Waals surface area (Å²) in [5.74, 6) is -0.551. The monoisotopic (exact) mass is 372 g/mol. The molecule has 1 N–H and O–H groups in total. The first-order chi connectivity index (χ1) is 11.9. The topological polar surface area (TPSA) is 55.8 Å². The van der Waals surface area contributed by atoms with E-state index < -0.39 is 17.2 Å². The number of rotatable bonds is 14. The van der Waals surface area contributed by atoms with Gasteiger partial charge in [0, 0.05) is 0 Å². The molecule has 0 aliphatic carbocycles. The highest BCUT2D eigenvalue weighted by Gasteiger charge is 2.44. The van der Waals surface area contributed by atoms with Gasteiger partial charge in [-0.2, -0.15) is 0 Å². The van der Waals surface area contributed by atoms with Crippen LogP contribution in [0.5, 0.6) is 0 Å². The lowest BCUT2D eigenvalue weighted by atomic mass is 9.82. The number of aliphatic carboxylic acids is 1. The zero-order valence-corrected chi connectivity index (χ0v) is 18.6. The highest BCUT2D eigenvalue weighted by atomic mass is 17.2. The summed E-state index contributed by atoms with van der Waals surface area (Å²) in [6.45, 7) is 16.8. The van der Waals surface area contributed by atoms with Crippen molar-refractivity contribution in [2.45, 2.75) is 124 Å². The maximum absolute atomic E-state index is 12.2. The van der Waals surface area contributed by atoms with E-state index in [2.05, 4.69) is 41.5 Å². The van der Waals surface area contributed by atoms with Crippen LogP contribution in [0.2, 0.25) is 0 Å². The fourth-order valence-electron chi connectivity index (χ4n) is 3.78. The Hall–Kier alpha value is -0.610. The molecule has 0 bridgehead atoms. The molecule has 0 aromatic heterocycles. The molecule has 0 spiro atoms. The first kappa shape index (κ1) is 25.4. The summed E-state index contributed by atoms with van der Waals surface area (Å²) in [6.07, 6.45) is 7.82. The Morgan fingerprint density at radius 1 is 0.962 bits per heavy atom. The highest BCUT2D eigenvalue weighted by molar-refractivity contribution is 5.77. The van der Waals surface area contributed by atoms with Gasteiger partial charge < -0.3 is 5.11 Å². The summed E-state index contributed by atoms with van der Waals surface area (Å²) in [7, 11) is 0. The van der Waals surface area contributed by atoms with E-state index in [1.54, 1.807) is 0 Å². The van der Waals surface area contributed by atoms with Gasteiger partial charge in [-0.05, 0) is 44.4 Å². The van der Waals surface area contributed by atoms with Crippen LogP contribution in [0, 0.1) is 11.3 Å². The molecular weight excluding hydrogens is 328 g/mol. The van der Waals surface area contributed by atoms with Crippen molar-refractivity contribution in [2.75, 3.05) is 0 Å². The van der Waals surface area contributed by atoms with Gasteiger partial charge in [-0.1, -0.05) is 80.1 Å². The molecule has 0 amide bonds. The summed E-state index contributed by atoms with van der Waals surface area (Å²) in [5.41, 5.74) is -1.70. The van der Waals surface area contributed by atoms with Crippen molar-refractivity contribution in [3.63, 3.8) is 0 Å². The third-order valence-electron chi connectivity index (χ3n) is 4.87. The minimum Gasteiger partial charge on any atom is -0.479 e. The van der Waals surface area contributed by atoms with Gasteiger partial charge in [0.2, 0.25) is 0 Å². The second-order valence-corrected chi connectivity index (χ2v) is 9.69. The van der Waals surface area contributed by atoms with E-state index >= 15 is 0 Å². The fourth-order valence-corrected chi connectivity index (χ4v) is 3.78. The van der Waals surface area contributed by atoms with Crippen molar-refractivity contribution < 1.29 is 19.7 Å². The van der Waals surface area contributed by atoms with Gasteiger partial charge in [0.25, 0.3) is 0 Å². The van der Waals surface area contributed by atoms with Crippen molar-refractivity contribution in [1.82, 2.24) is 0 Å². The van der Waals surface area contributed by atoms with E-state index in [1.807, 2.05) is 13.8 Å². The number of carboxylic acid groups (broad SMARTS) is 1. The first-order valence-corrected chi connectivity index (χ1v) is 10.5. The maximum Gasteiger partial charge on any atom is 0.339 e. The standard InChI is InChI=1S/C22H44O4/c1-9-12-14-18(11-3)16-22(19(23)24,15-13-10-2)26-25-21(7,8)17-20(4,5)6/h18H,9-17H2,1-8H3,(H,23,24). The largest absolute Gasteiger partial charge is 0.479 e. The Balaban J connectivity index is 5.32. The molecule has 0 aliphatic rings. The molecular formula is C22H44O4. The van der Waals surface area contributed by atoms with Gasteiger partial charge in [0.1, 0.15) is 0 Å². The Labute approximate surface area is 162 Å². The van der Waals surface area contributed by atoms with Crippen molar-refractivity contribution in [1.29, 1.82) is 0 Å². The summed E-state index contributed by atoms with van der Waals surface area (Å²) in [6, 6.07) is 0. The zero-order chi connectivity index (χ0) is 20.4. The average Bonchev–Trinajstić information content (AvgIpc) is 2.51. The molecule has 4 heteroatoms. The van der Waals surface area contributed by atoms with Gasteiger partial charge in [-0.15, -0.1) is 0 Å². The number of carboxylic acids is 1. The molecule has 0 saturated heterocycles. The predicted octanol–water partition coefficient (Wildman–Crippen LogP) is 6.77. The van der Waals surface area contributed by atoms with Crippen LogP contribution in [0.4, 0.5) is 0 Å².